The van der Waals surface area contributed by atoms with Gasteiger partial charge in [0.05, 0.1) is 12.4 Å². The molecule has 1 aromatic heterocycles. The number of furan rings is 1. The molecule has 0 aliphatic rings. The summed E-state index contributed by atoms with van der Waals surface area (Å²) in [5.41, 5.74) is 2.72. The van der Waals surface area contributed by atoms with Crippen LogP contribution in [0.1, 0.15) is 32.1 Å². The SMILES string of the molecule is CCOC(CC)C(NN)c1ccco1. The Labute approximate surface area is 84.4 Å². The summed E-state index contributed by atoms with van der Waals surface area (Å²) in [6.07, 6.45) is 2.58. The first kappa shape index (κ1) is 11.2. The molecule has 0 fully saturated rings. The van der Waals surface area contributed by atoms with Gasteiger partial charge in [-0.25, -0.2) is 5.43 Å². The van der Waals surface area contributed by atoms with Crippen LogP contribution in [-0.2, 0) is 4.74 Å². The zero-order chi connectivity index (χ0) is 10.4. The van der Waals surface area contributed by atoms with Crippen LogP contribution in [0.15, 0.2) is 22.8 Å². The Morgan fingerprint density at radius 3 is 2.79 bits per heavy atom. The van der Waals surface area contributed by atoms with Gasteiger partial charge in [0.15, 0.2) is 0 Å². The van der Waals surface area contributed by atoms with Crippen LogP contribution in [0.5, 0.6) is 0 Å². The van der Waals surface area contributed by atoms with Gasteiger partial charge in [0.1, 0.15) is 11.8 Å². The number of hydrogen-bond donors (Lipinski definition) is 2. The van der Waals surface area contributed by atoms with E-state index in [1.165, 1.54) is 0 Å². The van der Waals surface area contributed by atoms with E-state index in [4.69, 9.17) is 15.0 Å². The smallest absolute Gasteiger partial charge is 0.124 e. The van der Waals surface area contributed by atoms with Gasteiger partial charge >= 0.3 is 0 Å². The summed E-state index contributed by atoms with van der Waals surface area (Å²) in [6.45, 7) is 4.71. The van der Waals surface area contributed by atoms with Crippen LogP contribution in [-0.4, -0.2) is 12.7 Å². The van der Waals surface area contributed by atoms with Crippen LogP contribution in [0, 0.1) is 0 Å². The van der Waals surface area contributed by atoms with Crippen LogP contribution in [0.2, 0.25) is 0 Å². The van der Waals surface area contributed by atoms with E-state index >= 15 is 0 Å². The molecule has 0 radical (unpaired) electrons. The molecule has 3 N–H and O–H groups in total. The molecule has 14 heavy (non-hydrogen) atoms. The molecule has 0 aliphatic heterocycles. The van der Waals surface area contributed by atoms with Gasteiger partial charge in [-0.2, -0.15) is 0 Å². The van der Waals surface area contributed by atoms with Gasteiger partial charge in [-0.3, -0.25) is 5.84 Å². The number of nitrogens with one attached hydrogen (secondary N) is 1. The summed E-state index contributed by atoms with van der Waals surface area (Å²) in [5, 5.41) is 0. The molecule has 0 amide bonds. The zero-order valence-corrected chi connectivity index (χ0v) is 8.69. The highest BCUT2D eigenvalue weighted by Crippen LogP contribution is 2.21. The lowest BCUT2D eigenvalue weighted by atomic mass is 10.1. The molecule has 4 heteroatoms. The summed E-state index contributed by atoms with van der Waals surface area (Å²) in [7, 11) is 0. The predicted octanol–water partition coefficient (Wildman–Crippen LogP) is 1.60. The fourth-order valence-electron chi connectivity index (χ4n) is 1.50. The normalized spacial score (nSPS) is 15.4. The highest BCUT2D eigenvalue weighted by molar-refractivity contribution is 5.06. The Hall–Kier alpha value is -0.840. The van der Waals surface area contributed by atoms with Crippen molar-refractivity contribution < 1.29 is 9.15 Å². The summed E-state index contributed by atoms with van der Waals surface area (Å²) in [4.78, 5) is 0. The minimum atomic E-state index is -0.0741. The second kappa shape index (κ2) is 5.80. The summed E-state index contributed by atoms with van der Waals surface area (Å²) in [5.74, 6) is 6.29. The molecular formula is C10H18N2O2. The molecule has 2 atom stereocenters. The van der Waals surface area contributed by atoms with Crippen molar-refractivity contribution in [3.05, 3.63) is 24.2 Å². The van der Waals surface area contributed by atoms with Crippen molar-refractivity contribution >= 4 is 0 Å². The first-order chi connectivity index (χ1) is 6.83. The van der Waals surface area contributed by atoms with Crippen LogP contribution >= 0.6 is 0 Å². The molecule has 1 aromatic rings. The van der Waals surface area contributed by atoms with Gasteiger partial charge in [0.25, 0.3) is 0 Å². The van der Waals surface area contributed by atoms with E-state index in [0.717, 1.165) is 12.2 Å². The number of rotatable bonds is 6. The van der Waals surface area contributed by atoms with E-state index in [2.05, 4.69) is 12.3 Å². The second-order valence-electron chi connectivity index (χ2n) is 3.06. The Balaban J connectivity index is 2.68. The zero-order valence-electron chi connectivity index (χ0n) is 8.69. The van der Waals surface area contributed by atoms with Gasteiger partial charge in [0, 0.05) is 6.61 Å². The predicted molar refractivity (Wildman–Crippen MR) is 54.5 cm³/mol. The Kier molecular flexibility index (Phi) is 4.65. The van der Waals surface area contributed by atoms with Crippen molar-refractivity contribution in [1.82, 2.24) is 5.43 Å². The molecule has 4 nitrogen and oxygen atoms in total. The minimum absolute atomic E-state index is 0.0520. The second-order valence-corrected chi connectivity index (χ2v) is 3.06. The lowest BCUT2D eigenvalue weighted by molar-refractivity contribution is 0.0258. The maximum atomic E-state index is 5.57. The largest absolute Gasteiger partial charge is 0.468 e. The Morgan fingerprint density at radius 1 is 1.57 bits per heavy atom. The Bertz CT molecular complexity index is 236. The van der Waals surface area contributed by atoms with E-state index < -0.39 is 0 Å². The van der Waals surface area contributed by atoms with Gasteiger partial charge in [-0.05, 0) is 25.5 Å². The van der Waals surface area contributed by atoms with Crippen LogP contribution < -0.4 is 11.3 Å². The van der Waals surface area contributed by atoms with E-state index in [1.54, 1.807) is 6.26 Å². The molecule has 1 rings (SSSR count). The van der Waals surface area contributed by atoms with E-state index in [9.17, 15) is 0 Å². The fraction of sp³-hybridized carbons (Fsp3) is 0.600. The fourth-order valence-corrected chi connectivity index (χ4v) is 1.50. The molecule has 0 aliphatic carbocycles. The summed E-state index contributed by atoms with van der Waals surface area (Å²) in [6, 6.07) is 3.67. The maximum absolute atomic E-state index is 5.57. The van der Waals surface area contributed by atoms with E-state index in [-0.39, 0.29) is 12.1 Å². The van der Waals surface area contributed by atoms with Crippen molar-refractivity contribution in [3.63, 3.8) is 0 Å². The van der Waals surface area contributed by atoms with Crippen molar-refractivity contribution in [1.29, 1.82) is 0 Å². The highest BCUT2D eigenvalue weighted by Gasteiger charge is 2.22. The third kappa shape index (κ3) is 2.57. The molecule has 0 aromatic carbocycles. The highest BCUT2D eigenvalue weighted by atomic mass is 16.5. The average Bonchev–Trinajstić information content (AvgIpc) is 2.71. The lowest BCUT2D eigenvalue weighted by Crippen LogP contribution is -2.37. The van der Waals surface area contributed by atoms with E-state index in [1.807, 2.05) is 19.1 Å². The topological polar surface area (TPSA) is 60.4 Å². The Morgan fingerprint density at radius 2 is 2.36 bits per heavy atom. The number of nitrogens with two attached hydrogens (primary N) is 1. The molecular weight excluding hydrogens is 180 g/mol. The lowest BCUT2D eigenvalue weighted by Gasteiger charge is -2.23. The van der Waals surface area contributed by atoms with Gasteiger partial charge in [0.2, 0.25) is 0 Å². The van der Waals surface area contributed by atoms with Crippen molar-refractivity contribution in [3.8, 4) is 0 Å². The molecule has 2 unspecified atom stereocenters. The van der Waals surface area contributed by atoms with Crippen LogP contribution in [0.25, 0.3) is 0 Å². The van der Waals surface area contributed by atoms with Crippen molar-refractivity contribution in [2.24, 2.45) is 5.84 Å². The third-order valence-corrected chi connectivity index (χ3v) is 2.18. The summed E-state index contributed by atoms with van der Waals surface area (Å²) >= 11 is 0. The number of ether oxygens (including phenoxy) is 1. The first-order valence-electron chi connectivity index (χ1n) is 4.94. The molecule has 80 valence electrons. The molecule has 0 saturated heterocycles. The van der Waals surface area contributed by atoms with Crippen molar-refractivity contribution in [2.75, 3.05) is 6.61 Å². The monoisotopic (exact) mass is 198 g/mol. The molecule has 0 bridgehead atoms. The van der Waals surface area contributed by atoms with Crippen LogP contribution in [0.4, 0.5) is 0 Å². The third-order valence-electron chi connectivity index (χ3n) is 2.18. The van der Waals surface area contributed by atoms with Crippen molar-refractivity contribution in [2.45, 2.75) is 32.4 Å². The average molecular weight is 198 g/mol. The number of hydrogen-bond acceptors (Lipinski definition) is 4. The molecule has 0 saturated carbocycles. The van der Waals surface area contributed by atoms with Crippen LogP contribution in [0.3, 0.4) is 0 Å². The minimum Gasteiger partial charge on any atom is -0.468 e. The van der Waals surface area contributed by atoms with Gasteiger partial charge in [-0.1, -0.05) is 6.92 Å². The molecule has 0 spiro atoms. The van der Waals surface area contributed by atoms with Gasteiger partial charge in [-0.15, -0.1) is 0 Å². The number of hydrazine groups is 1. The maximum Gasteiger partial charge on any atom is 0.124 e. The van der Waals surface area contributed by atoms with E-state index in [0.29, 0.717) is 6.61 Å². The standard InChI is InChI=1S/C10H18N2O2/c1-3-8(13-4-2)10(12-11)9-6-5-7-14-9/h5-8,10,12H,3-4,11H2,1-2H3. The van der Waals surface area contributed by atoms with Gasteiger partial charge < -0.3 is 9.15 Å². The molecule has 1 heterocycles. The quantitative estimate of drug-likeness (QED) is 0.538. The first-order valence-corrected chi connectivity index (χ1v) is 4.94. The summed E-state index contributed by atoms with van der Waals surface area (Å²) < 4.78 is 10.9.